The van der Waals surface area contributed by atoms with Crippen LogP contribution in [0.3, 0.4) is 0 Å². The molecule has 10 heteroatoms. The number of carbonyl (C=O) groups excluding carboxylic acids is 1. The van der Waals surface area contributed by atoms with Gasteiger partial charge in [-0.15, -0.1) is 11.3 Å². The maximum atomic E-state index is 13.9. The molecule has 2 atom stereocenters. The second kappa shape index (κ2) is 8.96. The van der Waals surface area contributed by atoms with Gasteiger partial charge < -0.3 is 10.0 Å². The SMILES string of the molecule is C=CC(=O)N1Cc2sc(Cl)cc2[C@H](c2ccccc2-c2cn(C[C@@H](C)O)nc2C(F)(F)F)C1. The van der Waals surface area contributed by atoms with Gasteiger partial charge in [0.05, 0.1) is 23.5 Å². The van der Waals surface area contributed by atoms with Crippen molar-refractivity contribution in [1.29, 1.82) is 0 Å². The molecular weight excluding hydrogens is 475 g/mol. The van der Waals surface area contributed by atoms with Gasteiger partial charge in [0.2, 0.25) is 5.91 Å². The Labute approximate surface area is 197 Å². The Hall–Kier alpha value is -2.62. The quantitative estimate of drug-likeness (QED) is 0.487. The van der Waals surface area contributed by atoms with Crippen molar-refractivity contribution in [3.05, 3.63) is 75.2 Å². The third-order valence-corrected chi connectivity index (χ3v) is 6.78. The lowest BCUT2D eigenvalue weighted by Gasteiger charge is -2.33. The predicted molar refractivity (Wildman–Crippen MR) is 121 cm³/mol. The Balaban J connectivity index is 1.87. The lowest BCUT2D eigenvalue weighted by molar-refractivity contribution is -0.141. The summed E-state index contributed by atoms with van der Waals surface area (Å²) in [6.45, 7) is 5.62. The number of amides is 1. The molecule has 4 rings (SSSR count). The molecule has 5 nitrogen and oxygen atoms in total. The molecule has 0 fully saturated rings. The molecule has 3 aromatic rings. The number of aliphatic hydroxyl groups excluding tert-OH is 1. The molecule has 1 amide bonds. The molecular formula is C23H21ClF3N3O2S. The molecule has 3 heterocycles. The maximum absolute atomic E-state index is 13.9. The smallest absolute Gasteiger partial charge is 0.391 e. The van der Waals surface area contributed by atoms with Crippen molar-refractivity contribution in [3.63, 3.8) is 0 Å². The van der Waals surface area contributed by atoms with Gasteiger partial charge in [-0.1, -0.05) is 42.4 Å². The van der Waals surface area contributed by atoms with E-state index < -0.39 is 18.0 Å². The largest absolute Gasteiger partial charge is 0.435 e. The molecule has 0 bridgehead atoms. The number of nitrogens with zero attached hydrogens (tertiary/aromatic N) is 3. The van der Waals surface area contributed by atoms with Crippen LogP contribution in [0.2, 0.25) is 4.34 Å². The molecule has 1 aromatic carbocycles. The minimum absolute atomic E-state index is 0.0689. The first-order valence-corrected chi connectivity index (χ1v) is 11.4. The first-order chi connectivity index (χ1) is 15.6. The van der Waals surface area contributed by atoms with Crippen LogP contribution in [0.5, 0.6) is 0 Å². The zero-order valence-corrected chi connectivity index (χ0v) is 19.2. The Morgan fingerprint density at radius 2 is 2.09 bits per heavy atom. The van der Waals surface area contributed by atoms with Gasteiger partial charge in [-0.3, -0.25) is 9.48 Å². The summed E-state index contributed by atoms with van der Waals surface area (Å²) < 4.78 is 43.4. The minimum atomic E-state index is -4.68. The van der Waals surface area contributed by atoms with E-state index in [2.05, 4.69) is 11.7 Å². The monoisotopic (exact) mass is 495 g/mol. The number of thiophene rings is 1. The van der Waals surface area contributed by atoms with E-state index in [1.807, 2.05) is 6.07 Å². The van der Waals surface area contributed by atoms with Crippen molar-refractivity contribution >= 4 is 28.8 Å². The summed E-state index contributed by atoms with van der Waals surface area (Å²) >= 11 is 7.62. The van der Waals surface area contributed by atoms with E-state index in [-0.39, 0.29) is 30.5 Å². The van der Waals surface area contributed by atoms with Crippen LogP contribution in [-0.4, -0.2) is 38.3 Å². The third-order valence-electron chi connectivity index (χ3n) is 5.52. The van der Waals surface area contributed by atoms with Crippen LogP contribution in [-0.2, 0) is 24.1 Å². The summed E-state index contributed by atoms with van der Waals surface area (Å²) in [5.74, 6) is -0.632. The summed E-state index contributed by atoms with van der Waals surface area (Å²) in [6, 6.07) is 8.64. The molecule has 2 aromatic heterocycles. The van der Waals surface area contributed by atoms with Crippen LogP contribution in [0, 0.1) is 0 Å². The van der Waals surface area contributed by atoms with Crippen molar-refractivity contribution in [2.75, 3.05) is 6.54 Å². The fourth-order valence-corrected chi connectivity index (χ4v) is 5.54. The van der Waals surface area contributed by atoms with Crippen LogP contribution in [0.1, 0.15) is 34.5 Å². The van der Waals surface area contributed by atoms with Gasteiger partial charge in [-0.05, 0) is 35.8 Å². The van der Waals surface area contributed by atoms with Gasteiger partial charge in [-0.2, -0.15) is 18.3 Å². The highest BCUT2D eigenvalue weighted by atomic mass is 35.5. The van der Waals surface area contributed by atoms with E-state index in [0.29, 0.717) is 22.0 Å². The van der Waals surface area contributed by atoms with Crippen molar-refractivity contribution < 1.29 is 23.1 Å². The molecule has 0 radical (unpaired) electrons. The van der Waals surface area contributed by atoms with Crippen molar-refractivity contribution in [1.82, 2.24) is 14.7 Å². The second-order valence-corrected chi connectivity index (χ2v) is 9.72. The average Bonchev–Trinajstić information content (AvgIpc) is 3.34. The zero-order valence-electron chi connectivity index (χ0n) is 17.6. The molecule has 0 saturated heterocycles. The number of carbonyl (C=O) groups is 1. The summed E-state index contributed by atoms with van der Waals surface area (Å²) in [5, 5.41) is 13.4. The number of aliphatic hydroxyl groups is 1. The standard InChI is InChI=1S/C23H21ClF3N3O2S/c1-3-21(32)29-10-17(16-8-20(24)33-19(16)12-29)14-6-4-5-7-15(14)18-11-30(9-13(2)31)28-22(18)23(25,26)27/h3-8,11,13,17,31H,1,9-10,12H2,2H3/t13-,17+/m1/s1. The number of halogens is 4. The predicted octanol–water partition coefficient (Wildman–Crippen LogP) is 5.32. The number of rotatable bonds is 5. The number of benzene rings is 1. The number of fused-ring (bicyclic) bond motifs is 1. The van der Waals surface area contributed by atoms with Crippen molar-refractivity contribution in [2.24, 2.45) is 0 Å². The fourth-order valence-electron chi connectivity index (χ4n) is 4.19. The highest BCUT2D eigenvalue weighted by molar-refractivity contribution is 7.16. The first-order valence-electron chi connectivity index (χ1n) is 10.2. The normalized spacial score (nSPS) is 17.0. The molecule has 0 saturated carbocycles. The molecule has 0 unspecified atom stereocenters. The van der Waals surface area contributed by atoms with Crippen LogP contribution >= 0.6 is 22.9 Å². The topological polar surface area (TPSA) is 58.4 Å². The van der Waals surface area contributed by atoms with Crippen LogP contribution < -0.4 is 0 Å². The number of hydrogen-bond donors (Lipinski definition) is 1. The van der Waals surface area contributed by atoms with Crippen LogP contribution in [0.4, 0.5) is 13.2 Å². The van der Waals surface area contributed by atoms with Gasteiger partial charge >= 0.3 is 6.18 Å². The van der Waals surface area contributed by atoms with E-state index in [1.54, 1.807) is 29.2 Å². The third kappa shape index (κ3) is 4.71. The van der Waals surface area contributed by atoms with Crippen LogP contribution in [0.25, 0.3) is 11.1 Å². The summed E-state index contributed by atoms with van der Waals surface area (Å²) in [7, 11) is 0. The fraction of sp³-hybridized carbons (Fsp3) is 0.304. The Morgan fingerprint density at radius 1 is 1.36 bits per heavy atom. The molecule has 1 N–H and O–H groups in total. The van der Waals surface area contributed by atoms with E-state index in [1.165, 1.54) is 30.5 Å². The zero-order chi connectivity index (χ0) is 23.9. The molecule has 1 aliphatic heterocycles. The Morgan fingerprint density at radius 3 is 2.76 bits per heavy atom. The maximum Gasteiger partial charge on any atom is 0.435 e. The van der Waals surface area contributed by atoms with E-state index in [0.717, 1.165) is 15.1 Å². The summed E-state index contributed by atoms with van der Waals surface area (Å²) in [6.07, 6.45) is -3.00. The minimum Gasteiger partial charge on any atom is -0.391 e. The molecule has 0 aliphatic carbocycles. The Kier molecular flexibility index (Phi) is 6.39. The van der Waals surface area contributed by atoms with Gasteiger partial charge in [0.1, 0.15) is 0 Å². The van der Waals surface area contributed by atoms with Gasteiger partial charge in [0, 0.05) is 29.1 Å². The summed E-state index contributed by atoms with van der Waals surface area (Å²) in [4.78, 5) is 14.9. The lowest BCUT2D eigenvalue weighted by atomic mass is 9.84. The van der Waals surface area contributed by atoms with E-state index in [9.17, 15) is 23.1 Å². The van der Waals surface area contributed by atoms with Crippen molar-refractivity contribution in [2.45, 2.75) is 38.2 Å². The van der Waals surface area contributed by atoms with Gasteiger partial charge in [0.25, 0.3) is 0 Å². The highest BCUT2D eigenvalue weighted by Crippen LogP contribution is 2.45. The van der Waals surface area contributed by atoms with Crippen LogP contribution in [0.15, 0.2) is 49.2 Å². The van der Waals surface area contributed by atoms with Crippen molar-refractivity contribution in [3.8, 4) is 11.1 Å². The molecule has 33 heavy (non-hydrogen) atoms. The lowest BCUT2D eigenvalue weighted by Crippen LogP contribution is -2.37. The number of aromatic nitrogens is 2. The average molecular weight is 496 g/mol. The molecule has 1 aliphatic rings. The molecule has 0 spiro atoms. The second-order valence-electron chi connectivity index (χ2n) is 7.95. The molecule has 174 valence electrons. The first kappa shape index (κ1) is 23.5. The van der Waals surface area contributed by atoms with Gasteiger partial charge in [-0.25, -0.2) is 0 Å². The van der Waals surface area contributed by atoms with Gasteiger partial charge in [0.15, 0.2) is 5.69 Å². The van der Waals surface area contributed by atoms with E-state index >= 15 is 0 Å². The number of alkyl halides is 3. The summed E-state index contributed by atoms with van der Waals surface area (Å²) in [5.41, 5.74) is 0.808. The number of hydrogen-bond acceptors (Lipinski definition) is 4. The van der Waals surface area contributed by atoms with E-state index in [4.69, 9.17) is 11.6 Å². The Bertz CT molecular complexity index is 1200. The highest BCUT2D eigenvalue weighted by Gasteiger charge is 2.39.